The first kappa shape index (κ1) is 12.2. The zero-order chi connectivity index (χ0) is 12.3. The predicted molar refractivity (Wildman–Crippen MR) is 63.9 cm³/mol. The lowest BCUT2D eigenvalue weighted by Gasteiger charge is -2.09. The Kier molecular flexibility index (Phi) is 3.84. The van der Waals surface area contributed by atoms with Gasteiger partial charge < -0.3 is 14.8 Å². The van der Waals surface area contributed by atoms with Crippen molar-refractivity contribution >= 4 is 5.97 Å². The van der Waals surface area contributed by atoms with E-state index in [4.69, 9.17) is 9.52 Å². The van der Waals surface area contributed by atoms with E-state index in [1.54, 1.807) is 6.07 Å². The van der Waals surface area contributed by atoms with Crippen LogP contribution in [0.2, 0.25) is 0 Å². The molecule has 1 aromatic rings. The summed E-state index contributed by atoms with van der Waals surface area (Å²) in [6.07, 6.45) is 5.21. The van der Waals surface area contributed by atoms with Crippen molar-refractivity contribution < 1.29 is 14.3 Å². The molecule has 0 aromatic carbocycles. The predicted octanol–water partition coefficient (Wildman–Crippen LogP) is 2.50. The molecule has 0 saturated heterocycles. The van der Waals surface area contributed by atoms with Crippen LogP contribution in [0.1, 0.15) is 42.3 Å². The van der Waals surface area contributed by atoms with E-state index in [9.17, 15) is 4.79 Å². The maximum Gasteiger partial charge on any atom is 0.338 e. The summed E-state index contributed by atoms with van der Waals surface area (Å²) in [5.41, 5.74) is 0.219. The van der Waals surface area contributed by atoms with Crippen LogP contribution in [0.25, 0.3) is 0 Å². The van der Waals surface area contributed by atoms with Gasteiger partial charge in [0.2, 0.25) is 0 Å². The van der Waals surface area contributed by atoms with Crippen LogP contribution >= 0.6 is 0 Å². The first-order chi connectivity index (χ1) is 8.15. The van der Waals surface area contributed by atoms with Crippen molar-refractivity contribution in [3.05, 3.63) is 23.7 Å². The molecule has 2 N–H and O–H groups in total. The third-order valence-electron chi connectivity index (χ3n) is 3.44. The van der Waals surface area contributed by atoms with E-state index in [1.165, 1.54) is 25.5 Å². The molecule has 1 aromatic heterocycles. The molecule has 17 heavy (non-hydrogen) atoms. The Morgan fingerprint density at radius 1 is 1.59 bits per heavy atom. The number of aromatic carboxylic acids is 1. The van der Waals surface area contributed by atoms with E-state index in [2.05, 4.69) is 12.2 Å². The second kappa shape index (κ2) is 5.36. The van der Waals surface area contributed by atoms with E-state index >= 15 is 0 Å². The molecular weight excluding hydrogens is 218 g/mol. The Balaban J connectivity index is 1.72. The van der Waals surface area contributed by atoms with Crippen LogP contribution in [0, 0.1) is 11.8 Å². The molecule has 4 nitrogen and oxygen atoms in total. The highest BCUT2D eigenvalue weighted by atomic mass is 16.4. The monoisotopic (exact) mass is 237 g/mol. The van der Waals surface area contributed by atoms with E-state index in [0.717, 1.165) is 18.4 Å². The van der Waals surface area contributed by atoms with Crippen molar-refractivity contribution in [1.82, 2.24) is 5.32 Å². The molecule has 0 radical (unpaired) electrons. The van der Waals surface area contributed by atoms with Crippen LogP contribution in [-0.4, -0.2) is 17.6 Å². The summed E-state index contributed by atoms with van der Waals surface area (Å²) in [6, 6.07) is 1.58. The van der Waals surface area contributed by atoms with Crippen LogP contribution in [0.5, 0.6) is 0 Å². The van der Waals surface area contributed by atoms with Crippen molar-refractivity contribution in [2.75, 3.05) is 6.54 Å². The average Bonchev–Trinajstić information content (AvgIpc) is 2.88. The van der Waals surface area contributed by atoms with Crippen molar-refractivity contribution in [1.29, 1.82) is 0 Å². The van der Waals surface area contributed by atoms with Crippen LogP contribution in [0.4, 0.5) is 0 Å². The van der Waals surface area contributed by atoms with Crippen LogP contribution in [0.15, 0.2) is 16.7 Å². The maximum absolute atomic E-state index is 10.7. The summed E-state index contributed by atoms with van der Waals surface area (Å²) in [4.78, 5) is 10.7. The molecule has 1 aliphatic rings. The second-order valence-corrected chi connectivity index (χ2v) is 5.02. The maximum atomic E-state index is 10.7. The lowest BCUT2D eigenvalue weighted by molar-refractivity contribution is 0.0696. The number of nitrogens with one attached hydrogen (secondary N) is 1. The zero-order valence-corrected chi connectivity index (χ0v) is 10.1. The molecule has 2 rings (SSSR count). The molecule has 4 heteroatoms. The Morgan fingerprint density at radius 2 is 2.41 bits per heavy atom. The van der Waals surface area contributed by atoms with Gasteiger partial charge in [0, 0.05) is 0 Å². The average molecular weight is 237 g/mol. The van der Waals surface area contributed by atoms with Crippen molar-refractivity contribution in [2.45, 2.75) is 32.7 Å². The Hall–Kier alpha value is -1.29. The summed E-state index contributed by atoms with van der Waals surface area (Å²) in [7, 11) is 0. The molecule has 2 atom stereocenters. The molecule has 0 bridgehead atoms. The first-order valence-corrected chi connectivity index (χ1v) is 6.16. The summed E-state index contributed by atoms with van der Waals surface area (Å²) in [5, 5.41) is 12.1. The number of carboxylic acid groups (broad SMARTS) is 1. The molecule has 1 fully saturated rings. The number of carbonyl (C=O) groups is 1. The first-order valence-electron chi connectivity index (χ1n) is 6.16. The number of carboxylic acids is 1. The normalized spacial score (nSPS) is 24.1. The molecule has 2 unspecified atom stereocenters. The van der Waals surface area contributed by atoms with E-state index in [-0.39, 0.29) is 5.56 Å². The van der Waals surface area contributed by atoms with Gasteiger partial charge in [0.1, 0.15) is 12.0 Å². The van der Waals surface area contributed by atoms with E-state index < -0.39 is 5.97 Å². The smallest absolute Gasteiger partial charge is 0.338 e. The van der Waals surface area contributed by atoms with Crippen molar-refractivity contribution in [3.63, 3.8) is 0 Å². The van der Waals surface area contributed by atoms with Crippen molar-refractivity contribution in [3.8, 4) is 0 Å². The Labute approximate surface area is 101 Å². The minimum Gasteiger partial charge on any atom is -0.478 e. The van der Waals surface area contributed by atoms with Crippen LogP contribution in [-0.2, 0) is 6.54 Å². The third-order valence-corrected chi connectivity index (χ3v) is 3.44. The summed E-state index contributed by atoms with van der Waals surface area (Å²) in [5.74, 6) is 1.36. The fraction of sp³-hybridized carbons (Fsp3) is 0.615. The van der Waals surface area contributed by atoms with Crippen molar-refractivity contribution in [2.24, 2.45) is 11.8 Å². The lowest BCUT2D eigenvalue weighted by atomic mass is 10.1. The molecule has 0 aliphatic heterocycles. The molecule has 94 valence electrons. The molecular formula is C13H19NO3. The standard InChI is InChI=1S/C13H19NO3/c1-9-2-3-10(4-9)6-14-7-12-5-11(8-17-12)13(15)16/h5,8-10,14H,2-4,6-7H2,1H3,(H,15,16). The van der Waals surface area contributed by atoms with Gasteiger partial charge in [-0.15, -0.1) is 0 Å². The van der Waals surface area contributed by atoms with Gasteiger partial charge in [-0.05, 0) is 37.3 Å². The number of hydrogen-bond acceptors (Lipinski definition) is 3. The van der Waals surface area contributed by atoms with Gasteiger partial charge in [-0.1, -0.05) is 13.3 Å². The fourth-order valence-electron chi connectivity index (χ4n) is 2.50. The van der Waals surface area contributed by atoms with Gasteiger partial charge >= 0.3 is 5.97 Å². The highest BCUT2D eigenvalue weighted by Crippen LogP contribution is 2.29. The highest BCUT2D eigenvalue weighted by Gasteiger charge is 2.20. The lowest BCUT2D eigenvalue weighted by Crippen LogP contribution is -2.20. The van der Waals surface area contributed by atoms with Gasteiger partial charge in [0.15, 0.2) is 0 Å². The van der Waals surface area contributed by atoms with E-state index in [1.807, 2.05) is 0 Å². The van der Waals surface area contributed by atoms with E-state index in [0.29, 0.717) is 12.3 Å². The molecule has 1 saturated carbocycles. The number of hydrogen-bond donors (Lipinski definition) is 2. The summed E-state index contributed by atoms with van der Waals surface area (Å²) < 4.78 is 5.17. The second-order valence-electron chi connectivity index (χ2n) is 5.02. The zero-order valence-electron chi connectivity index (χ0n) is 10.1. The summed E-state index contributed by atoms with van der Waals surface area (Å²) >= 11 is 0. The molecule has 0 amide bonds. The van der Waals surface area contributed by atoms with Crippen LogP contribution in [0.3, 0.4) is 0 Å². The van der Waals surface area contributed by atoms with Gasteiger partial charge in [-0.3, -0.25) is 0 Å². The quantitative estimate of drug-likeness (QED) is 0.826. The van der Waals surface area contributed by atoms with Gasteiger partial charge in [-0.2, -0.15) is 0 Å². The van der Waals surface area contributed by atoms with Gasteiger partial charge in [-0.25, -0.2) is 4.79 Å². The molecule has 1 heterocycles. The number of rotatable bonds is 5. The van der Waals surface area contributed by atoms with Crippen LogP contribution < -0.4 is 5.32 Å². The van der Waals surface area contributed by atoms with Gasteiger partial charge in [0.05, 0.1) is 12.1 Å². The Bertz CT molecular complexity index is 386. The fourth-order valence-corrected chi connectivity index (χ4v) is 2.50. The number of furan rings is 1. The summed E-state index contributed by atoms with van der Waals surface area (Å²) in [6.45, 7) is 3.90. The highest BCUT2D eigenvalue weighted by molar-refractivity contribution is 5.87. The Morgan fingerprint density at radius 3 is 3.00 bits per heavy atom. The minimum atomic E-state index is -0.940. The van der Waals surface area contributed by atoms with Gasteiger partial charge in [0.25, 0.3) is 0 Å². The molecule has 1 aliphatic carbocycles. The third kappa shape index (κ3) is 3.33. The minimum absolute atomic E-state index is 0.219. The topological polar surface area (TPSA) is 62.5 Å². The molecule has 0 spiro atoms. The SMILES string of the molecule is CC1CCC(CNCc2cc(C(=O)O)co2)C1. The largest absolute Gasteiger partial charge is 0.478 e.